The van der Waals surface area contributed by atoms with Gasteiger partial charge in [0.05, 0.1) is 26.9 Å². The van der Waals surface area contributed by atoms with Crippen LogP contribution in [0.4, 0.5) is 17.1 Å². The van der Waals surface area contributed by atoms with E-state index >= 15 is 0 Å². The third-order valence-electron chi connectivity index (χ3n) is 1.62. The molecule has 0 bridgehead atoms. The second-order valence-electron chi connectivity index (χ2n) is 2.57. The van der Waals surface area contributed by atoms with Gasteiger partial charge in [-0.25, -0.2) is 0 Å². The molecule has 0 saturated heterocycles. The van der Waals surface area contributed by atoms with Gasteiger partial charge in [-0.2, -0.15) is 0 Å². The molecule has 0 heterocycles. The molecular weight excluding hydrogens is 337 g/mol. The lowest BCUT2D eigenvalue weighted by atomic mass is 10.2. The molecule has 1 rings (SSSR count). The highest BCUT2D eigenvalue weighted by Gasteiger charge is 2.28. The fraction of sp³-hybridized carbons (Fsp3) is 0. The number of nitrogens with zero attached hydrogens (tertiary/aromatic N) is 3. The molecule has 0 aromatic heterocycles. The largest absolute Gasteiger partial charge is 0.296 e. The lowest BCUT2D eigenvalue weighted by Gasteiger charge is -1.97. The SMILES string of the molecule is O=[N+]([O-])c1cc([N+](=O)[O-])c(I)c([N+](=O)[O-])c1. The fourth-order valence-electron chi connectivity index (χ4n) is 0.951. The minimum absolute atomic E-state index is 0.238. The summed E-state index contributed by atoms with van der Waals surface area (Å²) in [6.07, 6.45) is 0. The molecule has 1 aromatic carbocycles. The Morgan fingerprint density at radius 2 is 1.25 bits per heavy atom. The maximum Gasteiger partial charge on any atom is 0.296 e. The van der Waals surface area contributed by atoms with Crippen molar-refractivity contribution in [2.45, 2.75) is 0 Å². The molecule has 0 amide bonds. The second kappa shape index (κ2) is 4.34. The van der Waals surface area contributed by atoms with Crippen molar-refractivity contribution in [2.24, 2.45) is 0 Å². The molecule has 16 heavy (non-hydrogen) atoms. The number of nitro groups is 3. The first-order valence-electron chi connectivity index (χ1n) is 3.61. The van der Waals surface area contributed by atoms with Gasteiger partial charge in [0.25, 0.3) is 17.1 Å². The topological polar surface area (TPSA) is 129 Å². The first kappa shape index (κ1) is 12.2. The monoisotopic (exact) mass is 339 g/mol. The number of hydrogen-bond acceptors (Lipinski definition) is 6. The third-order valence-corrected chi connectivity index (χ3v) is 2.73. The molecular formula is C6H2IN3O6. The normalized spacial score (nSPS) is 9.81. The van der Waals surface area contributed by atoms with E-state index in [0.717, 1.165) is 0 Å². The van der Waals surface area contributed by atoms with Crippen LogP contribution in [0.2, 0.25) is 0 Å². The van der Waals surface area contributed by atoms with Gasteiger partial charge in [0.15, 0.2) is 3.57 Å². The molecule has 0 aliphatic heterocycles. The van der Waals surface area contributed by atoms with Crippen molar-refractivity contribution in [2.75, 3.05) is 0 Å². The highest BCUT2D eigenvalue weighted by atomic mass is 127. The predicted molar refractivity (Wildman–Crippen MR) is 59.1 cm³/mol. The van der Waals surface area contributed by atoms with Crippen molar-refractivity contribution in [3.8, 4) is 0 Å². The molecule has 0 unspecified atom stereocenters. The van der Waals surface area contributed by atoms with Crippen LogP contribution >= 0.6 is 22.6 Å². The van der Waals surface area contributed by atoms with Gasteiger partial charge in [-0.1, -0.05) is 0 Å². The van der Waals surface area contributed by atoms with Crippen LogP contribution < -0.4 is 0 Å². The second-order valence-corrected chi connectivity index (χ2v) is 3.65. The van der Waals surface area contributed by atoms with Crippen molar-refractivity contribution >= 4 is 39.7 Å². The van der Waals surface area contributed by atoms with Crippen LogP contribution in [-0.4, -0.2) is 14.8 Å². The average Bonchev–Trinajstić information content (AvgIpc) is 2.16. The summed E-state index contributed by atoms with van der Waals surface area (Å²) in [6.45, 7) is 0. The van der Waals surface area contributed by atoms with E-state index in [1.807, 2.05) is 0 Å². The van der Waals surface area contributed by atoms with E-state index in [1.54, 1.807) is 0 Å². The molecule has 84 valence electrons. The van der Waals surface area contributed by atoms with E-state index in [4.69, 9.17) is 0 Å². The molecule has 1 aromatic rings. The van der Waals surface area contributed by atoms with Crippen LogP contribution in [-0.2, 0) is 0 Å². The number of benzene rings is 1. The van der Waals surface area contributed by atoms with Gasteiger partial charge in [-0.05, 0) is 22.6 Å². The van der Waals surface area contributed by atoms with Gasteiger partial charge in [0.2, 0.25) is 0 Å². The summed E-state index contributed by atoms with van der Waals surface area (Å²) in [4.78, 5) is 28.8. The minimum atomic E-state index is -0.921. The molecule has 0 spiro atoms. The lowest BCUT2D eigenvalue weighted by Crippen LogP contribution is -2.00. The Morgan fingerprint density at radius 3 is 1.50 bits per heavy atom. The fourth-order valence-corrected chi connectivity index (χ4v) is 1.66. The number of non-ortho nitro benzene ring substituents is 1. The quantitative estimate of drug-likeness (QED) is 0.470. The van der Waals surface area contributed by atoms with Crippen molar-refractivity contribution in [1.29, 1.82) is 0 Å². The van der Waals surface area contributed by atoms with Crippen molar-refractivity contribution in [3.05, 3.63) is 46.0 Å². The van der Waals surface area contributed by atoms with Crippen LogP contribution in [0.5, 0.6) is 0 Å². The van der Waals surface area contributed by atoms with E-state index in [1.165, 1.54) is 22.6 Å². The van der Waals surface area contributed by atoms with Gasteiger partial charge in [-0.15, -0.1) is 0 Å². The van der Waals surface area contributed by atoms with Crippen LogP contribution in [0.1, 0.15) is 0 Å². The van der Waals surface area contributed by atoms with E-state index in [9.17, 15) is 30.3 Å². The van der Waals surface area contributed by atoms with Crippen molar-refractivity contribution in [3.63, 3.8) is 0 Å². The maximum absolute atomic E-state index is 10.5. The number of hydrogen-bond donors (Lipinski definition) is 0. The minimum Gasteiger partial charge on any atom is -0.258 e. The third kappa shape index (κ3) is 2.21. The number of rotatable bonds is 3. The highest BCUT2D eigenvalue weighted by molar-refractivity contribution is 14.1. The molecule has 0 fully saturated rings. The summed E-state index contributed by atoms with van der Waals surface area (Å²) in [5.74, 6) is 0. The Balaban J connectivity index is 3.57. The lowest BCUT2D eigenvalue weighted by molar-refractivity contribution is -0.404. The first-order valence-corrected chi connectivity index (χ1v) is 4.69. The molecule has 0 saturated carbocycles. The number of halogens is 1. The van der Waals surface area contributed by atoms with Crippen molar-refractivity contribution in [1.82, 2.24) is 0 Å². The predicted octanol–water partition coefficient (Wildman–Crippen LogP) is 2.02. The standard InChI is InChI=1S/C6H2IN3O6/c7-6-4(9(13)14)1-3(8(11)12)2-5(6)10(15)16/h1-2H. The smallest absolute Gasteiger partial charge is 0.258 e. The maximum atomic E-state index is 10.5. The van der Waals surface area contributed by atoms with Crippen LogP contribution in [0.15, 0.2) is 12.1 Å². The van der Waals surface area contributed by atoms with E-state index in [2.05, 4.69) is 0 Å². The van der Waals surface area contributed by atoms with Crippen LogP contribution in [0, 0.1) is 33.9 Å². The Labute approximate surface area is 101 Å². The Morgan fingerprint density at radius 1 is 0.875 bits per heavy atom. The molecule has 0 N–H and O–H groups in total. The Hall–Kier alpha value is -1.85. The summed E-state index contributed by atoms with van der Waals surface area (Å²) in [5.41, 5.74) is -1.98. The molecule has 0 aliphatic rings. The van der Waals surface area contributed by atoms with Gasteiger partial charge in [0.1, 0.15) is 0 Å². The summed E-state index contributed by atoms with van der Waals surface area (Å²) in [6, 6.07) is 1.38. The van der Waals surface area contributed by atoms with E-state index < -0.39 is 31.8 Å². The Bertz CT molecular complexity index is 466. The van der Waals surface area contributed by atoms with Crippen molar-refractivity contribution < 1.29 is 14.8 Å². The molecule has 9 nitrogen and oxygen atoms in total. The van der Waals surface area contributed by atoms with Gasteiger partial charge in [0, 0.05) is 0 Å². The summed E-state index contributed by atoms with van der Waals surface area (Å²) < 4.78 is -0.238. The zero-order chi connectivity index (χ0) is 12.5. The molecule has 10 heteroatoms. The summed E-state index contributed by atoms with van der Waals surface area (Å²) in [7, 11) is 0. The van der Waals surface area contributed by atoms with Gasteiger partial charge >= 0.3 is 0 Å². The van der Waals surface area contributed by atoms with E-state index in [-0.39, 0.29) is 3.57 Å². The summed E-state index contributed by atoms with van der Waals surface area (Å²) >= 11 is 1.41. The van der Waals surface area contributed by atoms with Gasteiger partial charge in [-0.3, -0.25) is 30.3 Å². The Kier molecular flexibility index (Phi) is 3.31. The average molecular weight is 339 g/mol. The zero-order valence-electron chi connectivity index (χ0n) is 7.32. The molecule has 0 aliphatic carbocycles. The van der Waals surface area contributed by atoms with Crippen LogP contribution in [0.3, 0.4) is 0 Å². The first-order chi connectivity index (χ1) is 7.34. The zero-order valence-corrected chi connectivity index (χ0v) is 9.48. The molecule has 0 radical (unpaired) electrons. The summed E-state index contributed by atoms with van der Waals surface area (Å²) in [5, 5.41) is 31.5. The highest BCUT2D eigenvalue weighted by Crippen LogP contribution is 2.34. The van der Waals surface area contributed by atoms with Gasteiger partial charge < -0.3 is 0 Å². The van der Waals surface area contributed by atoms with Crippen LogP contribution in [0.25, 0.3) is 0 Å². The molecule has 0 atom stereocenters. The van der Waals surface area contributed by atoms with E-state index in [0.29, 0.717) is 12.1 Å². The number of nitro benzene ring substituents is 3.